The Bertz CT molecular complexity index is 358. The third-order valence-corrected chi connectivity index (χ3v) is 3.26. The predicted molar refractivity (Wildman–Crippen MR) is 84.5 cm³/mol. The summed E-state index contributed by atoms with van der Waals surface area (Å²) in [6.45, 7) is 10.8. The third-order valence-electron chi connectivity index (χ3n) is 3.26. The van der Waals surface area contributed by atoms with E-state index in [0.717, 1.165) is 19.3 Å². The largest absolute Gasteiger partial charge is 0.344 e. The number of rotatable bonds is 10. The van der Waals surface area contributed by atoms with Gasteiger partial charge in [0.15, 0.2) is 5.78 Å². The molecule has 0 aliphatic heterocycles. The molecule has 0 rings (SSSR count). The van der Waals surface area contributed by atoms with Gasteiger partial charge in [-0.05, 0) is 44.9 Å². The van der Waals surface area contributed by atoms with E-state index >= 15 is 0 Å². The number of hydrogen-bond acceptors (Lipinski definition) is 2. The van der Waals surface area contributed by atoms with Crippen LogP contribution in [0.25, 0.3) is 0 Å². The van der Waals surface area contributed by atoms with E-state index in [9.17, 15) is 9.59 Å². The number of carbonyl (C=O) groups excluding carboxylic acids is 2. The zero-order valence-corrected chi connectivity index (χ0v) is 13.4. The number of hydrogen-bond donors (Lipinski definition) is 1. The van der Waals surface area contributed by atoms with E-state index in [0.29, 0.717) is 18.8 Å². The standard InChI is InChI=1S/C17H29NO2/c1-6-7-8-9-10-11-12-17(15(4)19,13-14(2)3)18-16(5)20/h6,10-11,14H,1,7-9,12-13H2,2-5H3,(H,18,20)/b11-10+. The number of allylic oxidation sites excluding steroid dienone is 2. The van der Waals surface area contributed by atoms with Gasteiger partial charge >= 0.3 is 0 Å². The van der Waals surface area contributed by atoms with Crippen LogP contribution in [0.2, 0.25) is 0 Å². The van der Waals surface area contributed by atoms with Crippen LogP contribution in [0.3, 0.4) is 0 Å². The van der Waals surface area contributed by atoms with Crippen LogP contribution < -0.4 is 5.32 Å². The Morgan fingerprint density at radius 3 is 2.30 bits per heavy atom. The zero-order chi connectivity index (χ0) is 15.6. The summed E-state index contributed by atoms with van der Waals surface area (Å²) in [5.74, 6) is 0.220. The second kappa shape index (κ2) is 9.51. The Morgan fingerprint density at radius 1 is 1.20 bits per heavy atom. The van der Waals surface area contributed by atoms with Crippen molar-refractivity contribution in [2.24, 2.45) is 5.92 Å². The van der Waals surface area contributed by atoms with Gasteiger partial charge in [0, 0.05) is 6.92 Å². The monoisotopic (exact) mass is 279 g/mol. The van der Waals surface area contributed by atoms with Gasteiger partial charge in [-0.1, -0.05) is 32.1 Å². The van der Waals surface area contributed by atoms with Gasteiger partial charge in [0.25, 0.3) is 0 Å². The van der Waals surface area contributed by atoms with Crippen molar-refractivity contribution in [3.8, 4) is 0 Å². The molecule has 1 N–H and O–H groups in total. The SMILES string of the molecule is C=CCCC/C=C/CC(CC(C)C)(NC(C)=O)C(C)=O. The van der Waals surface area contributed by atoms with Crippen LogP contribution in [0.1, 0.15) is 59.8 Å². The summed E-state index contributed by atoms with van der Waals surface area (Å²) in [5, 5.41) is 2.87. The Labute approximate surface area is 123 Å². The quantitative estimate of drug-likeness (QED) is 0.488. The summed E-state index contributed by atoms with van der Waals surface area (Å²) in [5.41, 5.74) is -0.755. The van der Waals surface area contributed by atoms with Crippen LogP contribution >= 0.6 is 0 Å². The fourth-order valence-corrected chi connectivity index (χ4v) is 2.38. The molecule has 1 atom stereocenters. The highest BCUT2D eigenvalue weighted by molar-refractivity contribution is 5.91. The minimum Gasteiger partial charge on any atom is -0.344 e. The molecule has 3 heteroatoms. The molecular weight excluding hydrogens is 250 g/mol. The van der Waals surface area contributed by atoms with Crippen molar-refractivity contribution in [2.45, 2.75) is 65.3 Å². The highest BCUT2D eigenvalue weighted by Gasteiger charge is 2.35. The lowest BCUT2D eigenvalue weighted by Gasteiger charge is -2.32. The predicted octanol–water partition coefficient (Wildman–Crippen LogP) is 3.80. The van der Waals surface area contributed by atoms with E-state index in [1.54, 1.807) is 6.92 Å². The van der Waals surface area contributed by atoms with E-state index in [4.69, 9.17) is 0 Å². The number of nitrogens with one attached hydrogen (secondary N) is 1. The van der Waals surface area contributed by atoms with Crippen molar-refractivity contribution < 1.29 is 9.59 Å². The summed E-state index contributed by atoms with van der Waals surface area (Å²) >= 11 is 0. The molecule has 0 aromatic carbocycles. The molecule has 0 aromatic rings. The van der Waals surface area contributed by atoms with Crippen LogP contribution in [-0.4, -0.2) is 17.2 Å². The fourth-order valence-electron chi connectivity index (χ4n) is 2.38. The molecule has 1 amide bonds. The topological polar surface area (TPSA) is 46.2 Å². The highest BCUT2D eigenvalue weighted by atomic mass is 16.2. The molecule has 0 bridgehead atoms. The molecule has 0 saturated heterocycles. The van der Waals surface area contributed by atoms with Gasteiger partial charge < -0.3 is 5.32 Å². The maximum Gasteiger partial charge on any atom is 0.217 e. The molecule has 0 spiro atoms. The van der Waals surface area contributed by atoms with Crippen LogP contribution in [0.4, 0.5) is 0 Å². The second-order valence-electron chi connectivity index (χ2n) is 5.81. The second-order valence-corrected chi connectivity index (χ2v) is 5.81. The molecule has 0 aromatic heterocycles. The van der Waals surface area contributed by atoms with E-state index in [2.05, 4.69) is 31.8 Å². The molecule has 0 fully saturated rings. The van der Waals surface area contributed by atoms with Crippen LogP contribution in [-0.2, 0) is 9.59 Å². The molecular formula is C17H29NO2. The van der Waals surface area contributed by atoms with Gasteiger partial charge in [0.2, 0.25) is 5.91 Å². The first-order valence-electron chi connectivity index (χ1n) is 7.39. The van der Waals surface area contributed by atoms with Gasteiger partial charge in [-0.15, -0.1) is 6.58 Å². The van der Waals surface area contributed by atoms with Crippen LogP contribution in [0.15, 0.2) is 24.8 Å². The average molecular weight is 279 g/mol. The van der Waals surface area contributed by atoms with Crippen LogP contribution in [0, 0.1) is 5.92 Å². The molecule has 0 aliphatic carbocycles. The van der Waals surface area contributed by atoms with E-state index in [1.165, 1.54) is 6.92 Å². The number of Topliss-reactive ketones (excluding diaryl/α,β-unsaturated/α-hetero) is 1. The molecule has 3 nitrogen and oxygen atoms in total. The number of ketones is 1. The lowest BCUT2D eigenvalue weighted by Crippen LogP contribution is -2.53. The third kappa shape index (κ3) is 7.27. The summed E-state index contributed by atoms with van der Waals surface area (Å²) in [6, 6.07) is 0. The minimum absolute atomic E-state index is 0.0251. The van der Waals surface area contributed by atoms with Crippen molar-refractivity contribution in [3.05, 3.63) is 24.8 Å². The molecule has 114 valence electrons. The minimum atomic E-state index is -0.755. The van der Waals surface area contributed by atoms with E-state index in [-0.39, 0.29) is 11.7 Å². The Hall–Kier alpha value is -1.38. The van der Waals surface area contributed by atoms with Crippen molar-refractivity contribution in [1.82, 2.24) is 5.32 Å². The number of carbonyl (C=O) groups is 2. The van der Waals surface area contributed by atoms with Gasteiger partial charge in [-0.25, -0.2) is 0 Å². The maximum atomic E-state index is 12.0. The zero-order valence-electron chi connectivity index (χ0n) is 13.4. The molecule has 20 heavy (non-hydrogen) atoms. The Balaban J connectivity index is 4.77. The number of unbranched alkanes of at least 4 members (excludes halogenated alkanes) is 2. The summed E-state index contributed by atoms with van der Waals surface area (Å²) < 4.78 is 0. The van der Waals surface area contributed by atoms with Crippen molar-refractivity contribution in [1.29, 1.82) is 0 Å². The summed E-state index contributed by atoms with van der Waals surface area (Å²) in [4.78, 5) is 23.5. The van der Waals surface area contributed by atoms with Crippen LogP contribution in [0.5, 0.6) is 0 Å². The van der Waals surface area contributed by atoms with Crippen molar-refractivity contribution >= 4 is 11.7 Å². The highest BCUT2D eigenvalue weighted by Crippen LogP contribution is 2.23. The Morgan fingerprint density at radius 2 is 1.85 bits per heavy atom. The first-order chi connectivity index (χ1) is 9.34. The normalized spacial score (nSPS) is 14.2. The van der Waals surface area contributed by atoms with Crippen molar-refractivity contribution in [3.63, 3.8) is 0 Å². The number of amides is 1. The first-order valence-corrected chi connectivity index (χ1v) is 7.39. The first kappa shape index (κ1) is 18.6. The van der Waals surface area contributed by atoms with Gasteiger partial charge in [-0.3, -0.25) is 9.59 Å². The average Bonchev–Trinajstić information content (AvgIpc) is 2.31. The smallest absolute Gasteiger partial charge is 0.217 e. The Kier molecular flexibility index (Phi) is 8.86. The lowest BCUT2D eigenvalue weighted by molar-refractivity contribution is -0.130. The molecule has 1 unspecified atom stereocenters. The van der Waals surface area contributed by atoms with Gasteiger partial charge in [0.05, 0.1) is 0 Å². The maximum absolute atomic E-state index is 12.0. The van der Waals surface area contributed by atoms with Gasteiger partial charge in [-0.2, -0.15) is 0 Å². The summed E-state index contributed by atoms with van der Waals surface area (Å²) in [6.07, 6.45) is 10.3. The van der Waals surface area contributed by atoms with Crippen molar-refractivity contribution in [2.75, 3.05) is 0 Å². The molecule has 0 saturated carbocycles. The molecule has 0 heterocycles. The van der Waals surface area contributed by atoms with Gasteiger partial charge in [0.1, 0.15) is 5.54 Å². The lowest BCUT2D eigenvalue weighted by atomic mass is 9.82. The molecule has 0 aliphatic rings. The van der Waals surface area contributed by atoms with E-state index in [1.807, 2.05) is 12.2 Å². The fraction of sp³-hybridized carbons (Fsp3) is 0.647. The summed E-state index contributed by atoms with van der Waals surface area (Å²) in [7, 11) is 0. The van der Waals surface area contributed by atoms with E-state index < -0.39 is 5.54 Å². The molecule has 0 radical (unpaired) electrons.